The molecule has 3 unspecified atom stereocenters. The van der Waals surface area contributed by atoms with E-state index in [4.69, 9.17) is 0 Å². The molecule has 3 atom stereocenters. The minimum absolute atomic E-state index is 0. The molecule has 89 valence electrons. The Labute approximate surface area is 135 Å². The van der Waals surface area contributed by atoms with Gasteiger partial charge in [-0.3, -0.25) is 0 Å². The van der Waals surface area contributed by atoms with Crippen molar-refractivity contribution in [2.45, 2.75) is 12.8 Å². The maximum atomic E-state index is 2.53. The summed E-state index contributed by atoms with van der Waals surface area (Å²) in [4.78, 5) is 0. The molecular formula is C14H15Cl2Zr. The van der Waals surface area contributed by atoms with E-state index in [9.17, 15) is 0 Å². The van der Waals surface area contributed by atoms with Crippen molar-refractivity contribution in [3.63, 3.8) is 0 Å². The van der Waals surface area contributed by atoms with E-state index in [1.54, 1.807) is 5.57 Å². The number of hydrogen-bond donors (Lipinski definition) is 0. The molecule has 0 aromatic rings. The maximum Gasteiger partial charge on any atom is 3.00 e. The molecule has 0 aromatic carbocycles. The fraction of sp³-hybridized carbons (Fsp3) is 0.357. The Morgan fingerprint density at radius 3 is 2.47 bits per heavy atom. The van der Waals surface area contributed by atoms with E-state index in [1.807, 2.05) is 0 Å². The van der Waals surface area contributed by atoms with Crippen molar-refractivity contribution in [3.8, 4) is 0 Å². The van der Waals surface area contributed by atoms with E-state index >= 15 is 0 Å². The normalized spacial score (nSPS) is 32.0. The number of rotatable bonds is 1. The first-order valence-electron chi connectivity index (χ1n) is 5.49. The zero-order valence-electron chi connectivity index (χ0n) is 9.52. The van der Waals surface area contributed by atoms with Crippen molar-refractivity contribution in [1.82, 2.24) is 0 Å². The average molecular weight is 345 g/mol. The van der Waals surface area contributed by atoms with E-state index in [0.29, 0.717) is 5.92 Å². The Hall–Kier alpha value is 0.423. The predicted molar refractivity (Wildman–Crippen MR) is 59.5 cm³/mol. The summed E-state index contributed by atoms with van der Waals surface area (Å²) in [5.74, 6) is 2.20. The van der Waals surface area contributed by atoms with Crippen molar-refractivity contribution >= 4 is 0 Å². The smallest absolute Gasteiger partial charge is 1.00 e. The summed E-state index contributed by atoms with van der Waals surface area (Å²) in [5.41, 5.74) is 1.61. The molecule has 1 fully saturated rings. The van der Waals surface area contributed by atoms with Gasteiger partial charge in [0.05, 0.1) is 0 Å². The van der Waals surface area contributed by atoms with Crippen molar-refractivity contribution in [1.29, 1.82) is 0 Å². The minimum atomic E-state index is 0. The molecule has 3 heteroatoms. The maximum absolute atomic E-state index is 2.53. The molecule has 0 bridgehead atoms. The summed E-state index contributed by atoms with van der Waals surface area (Å²) in [6.45, 7) is 0. The number of allylic oxidation sites excluding steroid dienone is 8. The van der Waals surface area contributed by atoms with Gasteiger partial charge in [0.15, 0.2) is 0 Å². The third kappa shape index (κ3) is 3.69. The fourth-order valence-electron chi connectivity index (χ4n) is 2.77. The van der Waals surface area contributed by atoms with Crippen LogP contribution in [0.5, 0.6) is 0 Å². The number of fused-ring (bicyclic) bond motifs is 1. The summed E-state index contributed by atoms with van der Waals surface area (Å²) in [6, 6.07) is 0. The third-order valence-corrected chi connectivity index (χ3v) is 3.55. The Morgan fingerprint density at radius 2 is 1.82 bits per heavy atom. The molecule has 0 spiro atoms. The number of halogens is 2. The van der Waals surface area contributed by atoms with Crippen LogP contribution in [0, 0.1) is 24.2 Å². The van der Waals surface area contributed by atoms with Crippen molar-refractivity contribution in [3.05, 3.63) is 54.5 Å². The summed E-state index contributed by atoms with van der Waals surface area (Å²) in [5, 5.41) is 0. The van der Waals surface area contributed by atoms with Gasteiger partial charge in [-0.25, -0.2) is 0 Å². The molecule has 0 saturated heterocycles. The van der Waals surface area contributed by atoms with Crippen LogP contribution in [0.15, 0.2) is 48.1 Å². The first-order chi connectivity index (χ1) is 6.93. The van der Waals surface area contributed by atoms with Crippen molar-refractivity contribution < 1.29 is 51.0 Å². The van der Waals surface area contributed by atoms with Crippen LogP contribution >= 0.6 is 0 Å². The Balaban J connectivity index is 0.000000853. The minimum Gasteiger partial charge on any atom is -1.00 e. The van der Waals surface area contributed by atoms with E-state index < -0.39 is 0 Å². The fourth-order valence-corrected chi connectivity index (χ4v) is 2.77. The average Bonchev–Trinajstić information content (AvgIpc) is 2.86. The van der Waals surface area contributed by atoms with E-state index in [-0.39, 0.29) is 51.0 Å². The van der Waals surface area contributed by atoms with Gasteiger partial charge in [0.1, 0.15) is 0 Å². The predicted octanol–water partition coefficient (Wildman–Crippen LogP) is -2.54. The first-order valence-corrected chi connectivity index (χ1v) is 5.49. The van der Waals surface area contributed by atoms with Crippen molar-refractivity contribution in [2.24, 2.45) is 17.8 Å². The Bertz CT molecular complexity index is 335. The van der Waals surface area contributed by atoms with E-state index in [1.165, 1.54) is 12.8 Å². The van der Waals surface area contributed by atoms with Crippen LogP contribution in [0.3, 0.4) is 0 Å². The van der Waals surface area contributed by atoms with Crippen LogP contribution < -0.4 is 24.8 Å². The third-order valence-electron chi connectivity index (χ3n) is 3.55. The van der Waals surface area contributed by atoms with Crippen LogP contribution in [0.25, 0.3) is 0 Å². The summed E-state index contributed by atoms with van der Waals surface area (Å²) in [7, 11) is 0. The first kappa shape index (κ1) is 17.4. The van der Waals surface area contributed by atoms with Gasteiger partial charge in [-0.15, -0.1) is 17.9 Å². The van der Waals surface area contributed by atoms with Gasteiger partial charge in [-0.1, -0.05) is 48.5 Å². The van der Waals surface area contributed by atoms with Gasteiger partial charge < -0.3 is 31.2 Å². The van der Waals surface area contributed by atoms with Gasteiger partial charge in [0.25, 0.3) is 0 Å². The number of hydrogen-bond acceptors (Lipinski definition) is 0. The quantitative estimate of drug-likeness (QED) is 0.460. The molecular weight excluding hydrogens is 330 g/mol. The second-order valence-corrected chi connectivity index (χ2v) is 4.42. The SMILES string of the molecule is C1=CCC(C2[CH-]C3C=CC=CC3C2)=C1.[Cl-].[Cl-].[Zr+3]. The zero-order valence-corrected chi connectivity index (χ0v) is 13.5. The van der Waals surface area contributed by atoms with Crippen LogP contribution in [0.4, 0.5) is 0 Å². The molecule has 0 nitrogen and oxygen atoms in total. The Kier molecular flexibility index (Phi) is 7.96. The van der Waals surface area contributed by atoms with Gasteiger partial charge in [0, 0.05) is 0 Å². The van der Waals surface area contributed by atoms with Crippen LogP contribution in [0.1, 0.15) is 12.8 Å². The van der Waals surface area contributed by atoms with Gasteiger partial charge in [-0.05, 0) is 12.3 Å². The monoisotopic (exact) mass is 343 g/mol. The van der Waals surface area contributed by atoms with Gasteiger partial charge in [0.2, 0.25) is 0 Å². The molecule has 0 heterocycles. The molecule has 3 aliphatic carbocycles. The van der Waals surface area contributed by atoms with Crippen LogP contribution in [-0.2, 0) is 26.2 Å². The Morgan fingerprint density at radius 1 is 1.06 bits per heavy atom. The molecule has 0 N–H and O–H groups in total. The van der Waals surface area contributed by atoms with E-state index in [2.05, 4.69) is 49.0 Å². The largest absolute Gasteiger partial charge is 3.00 e. The molecule has 3 rings (SSSR count). The molecule has 1 saturated carbocycles. The molecule has 0 aromatic heterocycles. The molecule has 1 radical (unpaired) electrons. The molecule has 0 aliphatic heterocycles. The standard InChI is InChI=1S/C14H15.2ClH.Zr/c1-2-6-11(5-1)14-9-12-7-3-4-8-13(12)10-14;;;/h1-5,7-9,12-14H,6,10H2;2*1H;/q-1;;;+3/p-2. The molecule has 17 heavy (non-hydrogen) atoms. The van der Waals surface area contributed by atoms with Gasteiger partial charge >= 0.3 is 26.2 Å². The summed E-state index contributed by atoms with van der Waals surface area (Å²) in [6.07, 6.45) is 20.9. The molecule has 0 amide bonds. The zero-order chi connectivity index (χ0) is 9.38. The summed E-state index contributed by atoms with van der Waals surface area (Å²) < 4.78 is 0. The van der Waals surface area contributed by atoms with Gasteiger partial charge in [-0.2, -0.15) is 0 Å². The second kappa shape index (κ2) is 7.77. The topological polar surface area (TPSA) is 0 Å². The molecule has 3 aliphatic rings. The second-order valence-electron chi connectivity index (χ2n) is 4.42. The van der Waals surface area contributed by atoms with E-state index in [0.717, 1.165) is 11.8 Å². The van der Waals surface area contributed by atoms with Crippen LogP contribution in [0.2, 0.25) is 0 Å². The van der Waals surface area contributed by atoms with Crippen molar-refractivity contribution in [2.75, 3.05) is 0 Å². The van der Waals surface area contributed by atoms with Crippen LogP contribution in [-0.4, -0.2) is 0 Å². The summed E-state index contributed by atoms with van der Waals surface area (Å²) >= 11 is 0.